The van der Waals surface area contributed by atoms with Gasteiger partial charge in [0.05, 0.1) is 25.2 Å². The Hall–Kier alpha value is -1.82. The normalized spacial score (nSPS) is 10.0. The summed E-state index contributed by atoms with van der Waals surface area (Å²) in [4.78, 5) is 8.06. The SMILES string of the molecule is COc1ccc(Br)c(Nc2cnc(N)cn2)c1. The van der Waals surface area contributed by atoms with Crippen LogP contribution in [-0.2, 0) is 0 Å². The van der Waals surface area contributed by atoms with Crippen molar-refractivity contribution < 1.29 is 4.74 Å². The number of hydrogen-bond donors (Lipinski definition) is 2. The maximum atomic E-state index is 5.46. The van der Waals surface area contributed by atoms with Gasteiger partial charge in [0.1, 0.15) is 17.4 Å². The van der Waals surface area contributed by atoms with E-state index in [-0.39, 0.29) is 0 Å². The number of nitrogens with zero attached hydrogens (tertiary/aromatic N) is 2. The molecule has 0 saturated carbocycles. The van der Waals surface area contributed by atoms with Crippen molar-refractivity contribution in [1.82, 2.24) is 9.97 Å². The summed E-state index contributed by atoms with van der Waals surface area (Å²) in [5, 5.41) is 3.12. The van der Waals surface area contributed by atoms with E-state index in [1.54, 1.807) is 13.3 Å². The molecule has 0 aliphatic rings. The Bertz CT molecular complexity index is 515. The summed E-state index contributed by atoms with van der Waals surface area (Å²) in [5.74, 6) is 1.77. The van der Waals surface area contributed by atoms with Crippen LogP contribution in [0.5, 0.6) is 5.75 Å². The van der Waals surface area contributed by atoms with Gasteiger partial charge in [-0.25, -0.2) is 9.97 Å². The summed E-state index contributed by atoms with van der Waals surface area (Å²) < 4.78 is 6.06. The molecule has 1 aromatic heterocycles. The van der Waals surface area contributed by atoms with Gasteiger partial charge in [-0.1, -0.05) is 0 Å². The third kappa shape index (κ3) is 2.85. The van der Waals surface area contributed by atoms with Gasteiger partial charge < -0.3 is 15.8 Å². The van der Waals surface area contributed by atoms with Crippen molar-refractivity contribution in [3.05, 3.63) is 35.1 Å². The van der Waals surface area contributed by atoms with Crippen molar-refractivity contribution in [1.29, 1.82) is 0 Å². The lowest BCUT2D eigenvalue weighted by molar-refractivity contribution is 0.415. The summed E-state index contributed by atoms with van der Waals surface area (Å²) in [6.07, 6.45) is 3.07. The Morgan fingerprint density at radius 2 is 2.12 bits per heavy atom. The number of aromatic nitrogens is 2. The Balaban J connectivity index is 2.25. The number of nitrogen functional groups attached to an aromatic ring is 1. The lowest BCUT2D eigenvalue weighted by atomic mass is 10.3. The van der Waals surface area contributed by atoms with Gasteiger partial charge in [0.15, 0.2) is 0 Å². The van der Waals surface area contributed by atoms with Gasteiger partial charge in [0, 0.05) is 10.5 Å². The first-order valence-corrected chi connectivity index (χ1v) is 5.66. The number of anilines is 3. The van der Waals surface area contributed by atoms with Crippen molar-refractivity contribution >= 4 is 33.3 Å². The number of nitrogens with one attached hydrogen (secondary N) is 1. The molecule has 0 unspecified atom stereocenters. The summed E-state index contributed by atoms with van der Waals surface area (Å²) >= 11 is 3.44. The number of nitrogens with two attached hydrogens (primary N) is 1. The highest BCUT2D eigenvalue weighted by molar-refractivity contribution is 9.10. The molecule has 0 aliphatic heterocycles. The molecule has 1 heterocycles. The number of benzene rings is 1. The van der Waals surface area contributed by atoms with Gasteiger partial charge in [-0.3, -0.25) is 0 Å². The van der Waals surface area contributed by atoms with Gasteiger partial charge in [-0.05, 0) is 28.1 Å². The topological polar surface area (TPSA) is 73.1 Å². The first-order valence-electron chi connectivity index (χ1n) is 4.87. The zero-order valence-corrected chi connectivity index (χ0v) is 10.7. The molecule has 0 atom stereocenters. The Labute approximate surface area is 107 Å². The van der Waals surface area contributed by atoms with E-state index in [1.807, 2.05) is 18.2 Å². The van der Waals surface area contributed by atoms with E-state index in [1.165, 1.54) is 6.20 Å². The minimum atomic E-state index is 0.389. The van der Waals surface area contributed by atoms with Crippen LogP contribution in [0, 0.1) is 0 Å². The molecule has 0 aliphatic carbocycles. The molecule has 3 N–H and O–H groups in total. The molecule has 1 aromatic carbocycles. The summed E-state index contributed by atoms with van der Waals surface area (Å²) in [6.45, 7) is 0. The highest BCUT2D eigenvalue weighted by Gasteiger charge is 2.03. The van der Waals surface area contributed by atoms with Crippen molar-refractivity contribution in [3.8, 4) is 5.75 Å². The van der Waals surface area contributed by atoms with Gasteiger partial charge in [-0.2, -0.15) is 0 Å². The second-order valence-corrected chi connectivity index (χ2v) is 4.15. The van der Waals surface area contributed by atoms with Gasteiger partial charge in [0.25, 0.3) is 0 Å². The van der Waals surface area contributed by atoms with Crippen molar-refractivity contribution in [2.45, 2.75) is 0 Å². The molecule has 6 heteroatoms. The van der Waals surface area contributed by atoms with Crippen LogP contribution in [0.4, 0.5) is 17.3 Å². The molecule has 0 spiro atoms. The van der Waals surface area contributed by atoms with Gasteiger partial charge in [-0.15, -0.1) is 0 Å². The Kier molecular flexibility index (Phi) is 3.43. The maximum Gasteiger partial charge on any atom is 0.149 e. The van der Waals surface area contributed by atoms with Crippen LogP contribution in [-0.4, -0.2) is 17.1 Å². The number of rotatable bonds is 3. The van der Waals surface area contributed by atoms with Crippen LogP contribution >= 0.6 is 15.9 Å². The monoisotopic (exact) mass is 294 g/mol. The molecular weight excluding hydrogens is 284 g/mol. The predicted molar refractivity (Wildman–Crippen MR) is 70.4 cm³/mol. The largest absolute Gasteiger partial charge is 0.497 e. The molecule has 0 bridgehead atoms. The minimum absolute atomic E-state index is 0.389. The average molecular weight is 295 g/mol. The van der Waals surface area contributed by atoms with Crippen LogP contribution in [0.2, 0.25) is 0 Å². The van der Waals surface area contributed by atoms with Crippen LogP contribution in [0.1, 0.15) is 0 Å². The van der Waals surface area contributed by atoms with Crippen LogP contribution in [0.25, 0.3) is 0 Å². The van der Waals surface area contributed by atoms with E-state index in [2.05, 4.69) is 31.2 Å². The van der Waals surface area contributed by atoms with Gasteiger partial charge >= 0.3 is 0 Å². The third-order valence-corrected chi connectivity index (χ3v) is 2.80. The lowest BCUT2D eigenvalue weighted by Gasteiger charge is -2.09. The van der Waals surface area contributed by atoms with Crippen molar-refractivity contribution in [3.63, 3.8) is 0 Å². The first kappa shape index (κ1) is 11.7. The summed E-state index contributed by atoms with van der Waals surface area (Å²) in [6, 6.07) is 5.62. The van der Waals surface area contributed by atoms with E-state index >= 15 is 0 Å². The quantitative estimate of drug-likeness (QED) is 0.910. The van der Waals surface area contributed by atoms with Crippen LogP contribution in [0.3, 0.4) is 0 Å². The molecule has 0 fully saturated rings. The highest BCUT2D eigenvalue weighted by Crippen LogP contribution is 2.29. The zero-order chi connectivity index (χ0) is 12.3. The molecule has 0 saturated heterocycles. The predicted octanol–water partition coefficient (Wildman–Crippen LogP) is 2.57. The average Bonchev–Trinajstić information content (AvgIpc) is 2.35. The zero-order valence-electron chi connectivity index (χ0n) is 9.14. The number of ether oxygens (including phenoxy) is 1. The highest BCUT2D eigenvalue weighted by atomic mass is 79.9. The fraction of sp³-hybridized carbons (Fsp3) is 0.0909. The first-order chi connectivity index (χ1) is 8.19. The van der Waals surface area contributed by atoms with Crippen molar-refractivity contribution in [2.24, 2.45) is 0 Å². The van der Waals surface area contributed by atoms with Gasteiger partial charge in [0.2, 0.25) is 0 Å². The fourth-order valence-electron chi connectivity index (χ4n) is 1.27. The summed E-state index contributed by atoms with van der Waals surface area (Å²) in [7, 11) is 1.62. The Morgan fingerprint density at radius 3 is 2.76 bits per heavy atom. The summed E-state index contributed by atoms with van der Waals surface area (Å²) in [5.41, 5.74) is 6.32. The fourth-order valence-corrected chi connectivity index (χ4v) is 1.61. The molecule has 2 aromatic rings. The second kappa shape index (κ2) is 5.01. The van der Waals surface area contributed by atoms with E-state index < -0.39 is 0 Å². The smallest absolute Gasteiger partial charge is 0.149 e. The molecule has 0 amide bonds. The minimum Gasteiger partial charge on any atom is -0.497 e. The molecule has 0 radical (unpaired) electrons. The molecule has 5 nitrogen and oxygen atoms in total. The van der Waals surface area contributed by atoms with Crippen LogP contribution < -0.4 is 15.8 Å². The lowest BCUT2D eigenvalue weighted by Crippen LogP contribution is -1.98. The van der Waals surface area contributed by atoms with E-state index in [4.69, 9.17) is 10.5 Å². The molecule has 17 heavy (non-hydrogen) atoms. The number of methoxy groups -OCH3 is 1. The van der Waals surface area contributed by atoms with Crippen LogP contribution in [0.15, 0.2) is 35.1 Å². The van der Waals surface area contributed by atoms with E-state index in [9.17, 15) is 0 Å². The standard InChI is InChI=1S/C11H11BrN4O/c1-17-7-2-3-8(12)9(4-7)16-11-6-14-10(13)5-15-11/h2-6H,1H3,(H2,13,14)(H,15,16). The maximum absolute atomic E-state index is 5.46. The Morgan fingerprint density at radius 1 is 1.29 bits per heavy atom. The van der Waals surface area contributed by atoms with Crippen molar-refractivity contribution in [2.75, 3.05) is 18.2 Å². The third-order valence-electron chi connectivity index (χ3n) is 2.11. The molecule has 2 rings (SSSR count). The molecular formula is C11H11BrN4O. The number of hydrogen-bond acceptors (Lipinski definition) is 5. The molecule has 88 valence electrons. The second-order valence-electron chi connectivity index (χ2n) is 3.30. The van der Waals surface area contributed by atoms with E-state index in [0.717, 1.165) is 15.9 Å². The van der Waals surface area contributed by atoms with E-state index in [0.29, 0.717) is 11.6 Å². The number of halogens is 1.